The fourth-order valence-electron chi connectivity index (χ4n) is 1.92. The third-order valence-corrected chi connectivity index (χ3v) is 2.91. The van der Waals surface area contributed by atoms with Gasteiger partial charge in [0.15, 0.2) is 0 Å². The zero-order chi connectivity index (χ0) is 11.7. The molecule has 0 radical (unpaired) electrons. The van der Waals surface area contributed by atoms with E-state index in [2.05, 4.69) is 31.8 Å². The maximum absolute atomic E-state index is 5.82. The van der Waals surface area contributed by atoms with Gasteiger partial charge in [-0.3, -0.25) is 4.98 Å². The van der Waals surface area contributed by atoms with E-state index in [1.165, 1.54) is 10.9 Å². The van der Waals surface area contributed by atoms with Crippen molar-refractivity contribution in [2.24, 2.45) is 0 Å². The van der Waals surface area contributed by atoms with Crippen molar-refractivity contribution in [2.75, 3.05) is 5.73 Å². The van der Waals surface area contributed by atoms with E-state index >= 15 is 0 Å². The topological polar surface area (TPSA) is 38.9 Å². The number of hydrogen-bond acceptors (Lipinski definition) is 2. The number of pyridine rings is 1. The molecule has 0 atom stereocenters. The average molecular weight is 214 g/mol. The van der Waals surface area contributed by atoms with Crippen molar-refractivity contribution < 1.29 is 0 Å². The van der Waals surface area contributed by atoms with Gasteiger partial charge in [0, 0.05) is 16.8 Å². The lowest BCUT2D eigenvalue weighted by Gasteiger charge is -2.10. The standard InChI is InChI=1S/C14H18N2/c1-4-10-7-14(9(2)3)16-13-6-5-11(15)8-12(10)13/h5-9H,4,15H2,1-3H3. The number of benzene rings is 1. The zero-order valence-corrected chi connectivity index (χ0v) is 10.1. The van der Waals surface area contributed by atoms with Gasteiger partial charge >= 0.3 is 0 Å². The van der Waals surface area contributed by atoms with E-state index in [4.69, 9.17) is 5.73 Å². The number of aromatic nitrogens is 1. The van der Waals surface area contributed by atoms with Crippen LogP contribution in [-0.4, -0.2) is 4.98 Å². The second-order valence-corrected chi connectivity index (χ2v) is 4.49. The molecule has 0 aliphatic carbocycles. The summed E-state index contributed by atoms with van der Waals surface area (Å²) in [7, 11) is 0. The number of hydrogen-bond donors (Lipinski definition) is 1. The summed E-state index contributed by atoms with van der Waals surface area (Å²) in [5, 5.41) is 1.19. The second kappa shape index (κ2) is 4.12. The number of nitrogens with zero attached hydrogens (tertiary/aromatic N) is 1. The van der Waals surface area contributed by atoms with Crippen LogP contribution < -0.4 is 5.73 Å². The summed E-state index contributed by atoms with van der Waals surface area (Å²) in [5.74, 6) is 0.465. The van der Waals surface area contributed by atoms with Gasteiger partial charge in [0.25, 0.3) is 0 Å². The number of fused-ring (bicyclic) bond motifs is 1. The first kappa shape index (κ1) is 10.9. The molecule has 1 heterocycles. The Morgan fingerprint density at radius 3 is 2.62 bits per heavy atom. The van der Waals surface area contributed by atoms with Crippen LogP contribution in [0.3, 0.4) is 0 Å². The SMILES string of the molecule is CCc1cc(C(C)C)nc2ccc(N)cc12. The molecule has 1 aromatic heterocycles. The van der Waals surface area contributed by atoms with Crippen LogP contribution in [0.25, 0.3) is 10.9 Å². The highest BCUT2D eigenvalue weighted by atomic mass is 14.7. The summed E-state index contributed by atoms with van der Waals surface area (Å²) < 4.78 is 0. The quantitative estimate of drug-likeness (QED) is 0.777. The summed E-state index contributed by atoms with van der Waals surface area (Å²) in [5.41, 5.74) is 10.2. The first-order valence-corrected chi connectivity index (χ1v) is 5.81. The van der Waals surface area contributed by atoms with Gasteiger partial charge in [-0.2, -0.15) is 0 Å². The molecule has 2 nitrogen and oxygen atoms in total. The molecule has 0 aliphatic rings. The molecule has 1 aromatic carbocycles. The molecule has 2 rings (SSSR count). The fourth-order valence-corrected chi connectivity index (χ4v) is 1.92. The largest absolute Gasteiger partial charge is 0.399 e. The van der Waals surface area contributed by atoms with Gasteiger partial charge < -0.3 is 5.73 Å². The molecule has 84 valence electrons. The van der Waals surface area contributed by atoms with Crippen LogP contribution >= 0.6 is 0 Å². The molecule has 0 aliphatic heterocycles. The summed E-state index contributed by atoms with van der Waals surface area (Å²) in [4.78, 5) is 4.67. The molecule has 0 fully saturated rings. The lowest BCUT2D eigenvalue weighted by molar-refractivity contribution is 0.826. The maximum atomic E-state index is 5.82. The van der Waals surface area contributed by atoms with Crippen LogP contribution in [0, 0.1) is 0 Å². The highest BCUT2D eigenvalue weighted by molar-refractivity contribution is 5.85. The first-order valence-electron chi connectivity index (χ1n) is 5.81. The summed E-state index contributed by atoms with van der Waals surface area (Å²) >= 11 is 0. The smallest absolute Gasteiger partial charge is 0.0709 e. The molecule has 0 spiro atoms. The van der Waals surface area contributed by atoms with Gasteiger partial charge in [0.05, 0.1) is 5.52 Å². The minimum atomic E-state index is 0.465. The van der Waals surface area contributed by atoms with Crippen LogP contribution in [0.2, 0.25) is 0 Å². The Kier molecular flexibility index (Phi) is 2.82. The van der Waals surface area contributed by atoms with E-state index in [0.717, 1.165) is 23.3 Å². The second-order valence-electron chi connectivity index (χ2n) is 4.49. The molecule has 0 bridgehead atoms. The van der Waals surface area contributed by atoms with Crippen molar-refractivity contribution in [2.45, 2.75) is 33.1 Å². The number of nitrogen functional groups attached to an aromatic ring is 1. The minimum Gasteiger partial charge on any atom is -0.399 e. The summed E-state index contributed by atoms with van der Waals surface area (Å²) in [6, 6.07) is 8.15. The molecule has 0 saturated carbocycles. The highest BCUT2D eigenvalue weighted by Crippen LogP contribution is 2.24. The predicted octanol–water partition coefficient (Wildman–Crippen LogP) is 3.50. The van der Waals surface area contributed by atoms with Crippen molar-refractivity contribution in [1.29, 1.82) is 0 Å². The van der Waals surface area contributed by atoms with Gasteiger partial charge in [-0.1, -0.05) is 20.8 Å². The van der Waals surface area contributed by atoms with Gasteiger partial charge in [-0.25, -0.2) is 0 Å². The molecular formula is C14H18N2. The van der Waals surface area contributed by atoms with E-state index in [-0.39, 0.29) is 0 Å². The lowest BCUT2D eigenvalue weighted by atomic mass is 10.0. The lowest BCUT2D eigenvalue weighted by Crippen LogP contribution is -1.97. The third kappa shape index (κ3) is 1.87. The van der Waals surface area contributed by atoms with Crippen LogP contribution in [0.1, 0.15) is 37.9 Å². The number of anilines is 1. The molecule has 2 aromatic rings. The van der Waals surface area contributed by atoms with Gasteiger partial charge in [-0.05, 0) is 42.2 Å². The molecule has 16 heavy (non-hydrogen) atoms. The van der Waals surface area contributed by atoms with Gasteiger partial charge in [0.1, 0.15) is 0 Å². The van der Waals surface area contributed by atoms with Crippen LogP contribution in [0.15, 0.2) is 24.3 Å². The first-order chi connectivity index (χ1) is 7.61. The summed E-state index contributed by atoms with van der Waals surface area (Å²) in [6.45, 7) is 6.51. The van der Waals surface area contributed by atoms with E-state index in [1.807, 2.05) is 18.2 Å². The fraction of sp³-hybridized carbons (Fsp3) is 0.357. The third-order valence-electron chi connectivity index (χ3n) is 2.91. The predicted molar refractivity (Wildman–Crippen MR) is 69.6 cm³/mol. The Morgan fingerprint density at radius 1 is 1.25 bits per heavy atom. The Labute approximate surface area is 96.5 Å². The van der Waals surface area contributed by atoms with Crippen molar-refractivity contribution in [1.82, 2.24) is 4.98 Å². The zero-order valence-electron chi connectivity index (χ0n) is 10.1. The van der Waals surface area contributed by atoms with E-state index in [0.29, 0.717) is 5.92 Å². The maximum Gasteiger partial charge on any atom is 0.0709 e. The van der Waals surface area contributed by atoms with Crippen LogP contribution in [-0.2, 0) is 6.42 Å². The minimum absolute atomic E-state index is 0.465. The molecule has 0 amide bonds. The number of aryl methyl sites for hydroxylation is 1. The Hall–Kier alpha value is -1.57. The van der Waals surface area contributed by atoms with Crippen molar-refractivity contribution >= 4 is 16.6 Å². The van der Waals surface area contributed by atoms with Crippen molar-refractivity contribution in [3.05, 3.63) is 35.5 Å². The average Bonchev–Trinajstić information content (AvgIpc) is 2.27. The molecule has 0 unspecified atom stereocenters. The molecule has 0 saturated heterocycles. The van der Waals surface area contributed by atoms with Gasteiger partial charge in [-0.15, -0.1) is 0 Å². The summed E-state index contributed by atoms with van der Waals surface area (Å²) in [6.07, 6.45) is 1.02. The monoisotopic (exact) mass is 214 g/mol. The Morgan fingerprint density at radius 2 is 2.00 bits per heavy atom. The van der Waals surface area contributed by atoms with Crippen molar-refractivity contribution in [3.8, 4) is 0 Å². The van der Waals surface area contributed by atoms with E-state index in [9.17, 15) is 0 Å². The normalized spacial score (nSPS) is 11.2. The Bertz CT molecular complexity index is 515. The van der Waals surface area contributed by atoms with Gasteiger partial charge in [0.2, 0.25) is 0 Å². The molecular weight excluding hydrogens is 196 g/mol. The van der Waals surface area contributed by atoms with Crippen LogP contribution in [0.5, 0.6) is 0 Å². The van der Waals surface area contributed by atoms with E-state index < -0.39 is 0 Å². The Balaban J connectivity index is 2.73. The number of nitrogens with two attached hydrogens (primary N) is 1. The number of rotatable bonds is 2. The van der Waals surface area contributed by atoms with E-state index in [1.54, 1.807) is 0 Å². The highest BCUT2D eigenvalue weighted by Gasteiger charge is 2.07. The molecule has 2 heteroatoms. The van der Waals surface area contributed by atoms with Crippen LogP contribution in [0.4, 0.5) is 5.69 Å². The van der Waals surface area contributed by atoms with Crippen molar-refractivity contribution in [3.63, 3.8) is 0 Å². The molecule has 2 N–H and O–H groups in total.